The standard InChI is InChI=1S/C26H27N5O4/c1-4-19(29-23-22(25(32)34-5-2)15-27-16(3)28-23)14-17-10-12-18(13-11-17)20-8-6-7-9-21(20)24-30-26(33)35-31-24/h6-13,15,19H,4-5,14H2,1-3H3,(H,27,28,29)(H,30,31,33). The van der Waals surface area contributed by atoms with Crippen LogP contribution in [0.4, 0.5) is 5.82 Å². The summed E-state index contributed by atoms with van der Waals surface area (Å²) in [6.45, 7) is 5.92. The highest BCUT2D eigenvalue weighted by molar-refractivity contribution is 5.94. The van der Waals surface area contributed by atoms with E-state index in [1.165, 1.54) is 6.20 Å². The molecule has 4 aromatic rings. The van der Waals surface area contributed by atoms with E-state index in [1.807, 2.05) is 36.4 Å². The number of hydrogen-bond acceptors (Lipinski definition) is 8. The quantitative estimate of drug-likeness (QED) is 0.343. The fraction of sp³-hybridized carbons (Fsp3) is 0.269. The van der Waals surface area contributed by atoms with E-state index in [2.05, 4.69) is 49.0 Å². The molecular formula is C26H27N5O4. The normalized spacial score (nSPS) is 11.7. The second kappa shape index (κ2) is 10.8. The average Bonchev–Trinajstić information content (AvgIpc) is 3.30. The lowest BCUT2D eigenvalue weighted by Gasteiger charge is -2.20. The van der Waals surface area contributed by atoms with Crippen LogP contribution >= 0.6 is 0 Å². The number of aryl methyl sites for hydroxylation is 1. The molecule has 9 nitrogen and oxygen atoms in total. The summed E-state index contributed by atoms with van der Waals surface area (Å²) in [6.07, 6.45) is 3.07. The summed E-state index contributed by atoms with van der Waals surface area (Å²) in [7, 11) is 0. The van der Waals surface area contributed by atoms with Gasteiger partial charge in [0.2, 0.25) is 0 Å². The molecule has 4 rings (SSSR count). The summed E-state index contributed by atoms with van der Waals surface area (Å²) in [5.41, 5.74) is 4.16. The number of hydrogen-bond donors (Lipinski definition) is 2. The van der Waals surface area contributed by atoms with Gasteiger partial charge in [0.05, 0.1) is 6.61 Å². The van der Waals surface area contributed by atoms with Crippen LogP contribution in [0.3, 0.4) is 0 Å². The number of anilines is 1. The number of carbonyl (C=O) groups is 1. The van der Waals surface area contributed by atoms with E-state index in [0.29, 0.717) is 23.0 Å². The van der Waals surface area contributed by atoms with E-state index in [1.54, 1.807) is 13.8 Å². The molecule has 0 radical (unpaired) electrons. The Hall–Kier alpha value is -4.27. The highest BCUT2D eigenvalue weighted by atomic mass is 16.5. The van der Waals surface area contributed by atoms with E-state index in [-0.39, 0.29) is 12.6 Å². The number of rotatable bonds is 9. The third-order valence-electron chi connectivity index (χ3n) is 5.61. The molecule has 1 unspecified atom stereocenters. The maximum Gasteiger partial charge on any atom is 0.439 e. The Kier molecular flexibility index (Phi) is 7.35. The highest BCUT2D eigenvalue weighted by Gasteiger charge is 2.18. The Balaban J connectivity index is 1.53. The molecule has 0 spiro atoms. The second-order valence-corrected chi connectivity index (χ2v) is 8.04. The largest absolute Gasteiger partial charge is 0.462 e. The van der Waals surface area contributed by atoms with Crippen LogP contribution in [0.2, 0.25) is 0 Å². The van der Waals surface area contributed by atoms with Crippen molar-refractivity contribution in [3.8, 4) is 22.5 Å². The van der Waals surface area contributed by atoms with Gasteiger partial charge in [0.15, 0.2) is 5.82 Å². The van der Waals surface area contributed by atoms with Crippen molar-refractivity contribution in [3.63, 3.8) is 0 Å². The lowest BCUT2D eigenvalue weighted by Crippen LogP contribution is -2.24. The van der Waals surface area contributed by atoms with E-state index in [9.17, 15) is 9.59 Å². The average molecular weight is 474 g/mol. The van der Waals surface area contributed by atoms with Gasteiger partial charge < -0.3 is 10.1 Å². The van der Waals surface area contributed by atoms with Gasteiger partial charge in [0.1, 0.15) is 17.2 Å². The number of nitrogens with one attached hydrogen (secondary N) is 2. The smallest absolute Gasteiger partial charge is 0.439 e. The SMILES string of the molecule is CCOC(=O)c1cnc(C)nc1NC(CC)Cc1ccc(-c2ccccc2-c2noc(=O)[nH]2)cc1. The predicted octanol–water partition coefficient (Wildman–Crippen LogP) is 4.41. The van der Waals surface area contributed by atoms with E-state index >= 15 is 0 Å². The first-order valence-corrected chi connectivity index (χ1v) is 11.5. The van der Waals surface area contributed by atoms with Gasteiger partial charge in [-0.3, -0.25) is 9.51 Å². The molecule has 0 saturated heterocycles. The summed E-state index contributed by atoms with van der Waals surface area (Å²) in [4.78, 5) is 34.9. The van der Waals surface area contributed by atoms with Crippen LogP contribution in [0.5, 0.6) is 0 Å². The zero-order valence-electron chi connectivity index (χ0n) is 19.9. The summed E-state index contributed by atoms with van der Waals surface area (Å²) >= 11 is 0. The molecule has 0 aliphatic carbocycles. The van der Waals surface area contributed by atoms with Crippen LogP contribution in [0, 0.1) is 6.92 Å². The first-order chi connectivity index (χ1) is 17.0. The monoisotopic (exact) mass is 473 g/mol. The van der Waals surface area contributed by atoms with Crippen molar-refractivity contribution in [2.24, 2.45) is 0 Å². The highest BCUT2D eigenvalue weighted by Crippen LogP contribution is 2.30. The lowest BCUT2D eigenvalue weighted by molar-refractivity contribution is 0.0526. The molecule has 0 aliphatic heterocycles. The lowest BCUT2D eigenvalue weighted by atomic mass is 9.96. The number of aromatic amines is 1. The number of benzene rings is 2. The van der Waals surface area contributed by atoms with Crippen molar-refractivity contribution < 1.29 is 14.1 Å². The van der Waals surface area contributed by atoms with Crippen molar-refractivity contribution in [1.82, 2.24) is 20.1 Å². The van der Waals surface area contributed by atoms with Gasteiger partial charge in [-0.15, -0.1) is 0 Å². The molecular weight excluding hydrogens is 446 g/mol. The van der Waals surface area contributed by atoms with Crippen molar-refractivity contribution in [1.29, 1.82) is 0 Å². The van der Waals surface area contributed by atoms with Gasteiger partial charge >= 0.3 is 11.7 Å². The number of carbonyl (C=O) groups excluding carboxylic acids is 1. The number of ether oxygens (including phenoxy) is 1. The van der Waals surface area contributed by atoms with E-state index in [4.69, 9.17) is 4.74 Å². The molecule has 2 N–H and O–H groups in total. The van der Waals surface area contributed by atoms with Crippen molar-refractivity contribution >= 4 is 11.8 Å². The number of nitrogens with zero attached hydrogens (tertiary/aromatic N) is 3. The fourth-order valence-electron chi connectivity index (χ4n) is 3.82. The van der Waals surface area contributed by atoms with Crippen LogP contribution in [0.1, 0.15) is 42.0 Å². The Bertz CT molecular complexity index is 1360. The molecule has 0 bridgehead atoms. The molecule has 0 saturated carbocycles. The third kappa shape index (κ3) is 5.63. The van der Waals surface area contributed by atoms with Crippen LogP contribution in [0.15, 0.2) is 64.0 Å². The predicted molar refractivity (Wildman–Crippen MR) is 132 cm³/mol. The van der Waals surface area contributed by atoms with Crippen LogP contribution in [0.25, 0.3) is 22.5 Å². The van der Waals surface area contributed by atoms with Gasteiger partial charge in [-0.2, -0.15) is 0 Å². The summed E-state index contributed by atoms with van der Waals surface area (Å²) in [5.74, 6) is 0.416. The van der Waals surface area contributed by atoms with Gasteiger partial charge in [-0.1, -0.05) is 60.6 Å². The molecule has 2 aromatic heterocycles. The van der Waals surface area contributed by atoms with E-state index in [0.717, 1.165) is 35.1 Å². The van der Waals surface area contributed by atoms with E-state index < -0.39 is 11.7 Å². The Labute approximate surface area is 202 Å². The Morgan fingerprint density at radius 3 is 2.51 bits per heavy atom. The molecule has 2 aromatic carbocycles. The van der Waals surface area contributed by atoms with Gasteiger partial charge in [-0.05, 0) is 43.4 Å². The minimum absolute atomic E-state index is 0.0517. The number of H-pyrrole nitrogens is 1. The zero-order chi connectivity index (χ0) is 24.8. The molecule has 0 fully saturated rings. The van der Waals surface area contributed by atoms with Gasteiger partial charge in [0.25, 0.3) is 0 Å². The summed E-state index contributed by atoms with van der Waals surface area (Å²) in [6, 6.07) is 16.0. The Morgan fingerprint density at radius 2 is 1.86 bits per heavy atom. The van der Waals surface area contributed by atoms with Gasteiger partial charge in [0, 0.05) is 17.8 Å². The summed E-state index contributed by atoms with van der Waals surface area (Å²) < 4.78 is 9.82. The minimum atomic E-state index is -0.590. The molecule has 1 atom stereocenters. The maximum atomic E-state index is 12.3. The van der Waals surface area contributed by atoms with Crippen LogP contribution in [-0.2, 0) is 11.2 Å². The van der Waals surface area contributed by atoms with Crippen molar-refractivity contribution in [2.45, 2.75) is 39.7 Å². The topological polar surface area (TPSA) is 123 Å². The fourth-order valence-corrected chi connectivity index (χ4v) is 3.82. The van der Waals surface area contributed by atoms with Crippen LogP contribution < -0.4 is 11.1 Å². The summed E-state index contributed by atoms with van der Waals surface area (Å²) in [5, 5.41) is 7.22. The third-order valence-corrected chi connectivity index (χ3v) is 5.61. The maximum absolute atomic E-state index is 12.3. The Morgan fingerprint density at radius 1 is 1.11 bits per heavy atom. The van der Waals surface area contributed by atoms with Gasteiger partial charge in [-0.25, -0.2) is 19.6 Å². The first-order valence-electron chi connectivity index (χ1n) is 11.5. The van der Waals surface area contributed by atoms with Crippen molar-refractivity contribution in [3.05, 3.63) is 82.2 Å². The zero-order valence-corrected chi connectivity index (χ0v) is 19.9. The molecule has 2 heterocycles. The molecule has 9 heteroatoms. The molecule has 0 amide bonds. The second-order valence-electron chi connectivity index (χ2n) is 8.04. The number of esters is 1. The first kappa shape index (κ1) is 23.9. The van der Waals surface area contributed by atoms with Crippen LogP contribution in [-0.4, -0.2) is 38.7 Å². The van der Waals surface area contributed by atoms with Crippen molar-refractivity contribution in [2.75, 3.05) is 11.9 Å². The minimum Gasteiger partial charge on any atom is -0.462 e. The molecule has 0 aliphatic rings. The number of aromatic nitrogens is 4. The molecule has 35 heavy (non-hydrogen) atoms. The molecule has 180 valence electrons.